The number of fused-ring (bicyclic) bond motifs is 5. The maximum Gasteiger partial charge on any atom is 0.156 e. The molecule has 0 amide bonds. The van der Waals surface area contributed by atoms with Crippen LogP contribution in [0.1, 0.15) is 75.3 Å². The van der Waals surface area contributed by atoms with Crippen molar-refractivity contribution in [2.75, 3.05) is 0 Å². The quantitative estimate of drug-likeness (QED) is 0.756. The number of aliphatic hydroxyl groups excluding tert-OH is 1. The zero-order valence-electron chi connectivity index (χ0n) is 16.9. The summed E-state index contributed by atoms with van der Waals surface area (Å²) in [6.45, 7) is 2.11. The molecule has 1 aromatic carbocycles. The zero-order chi connectivity index (χ0) is 19.5. The fourth-order valence-corrected chi connectivity index (χ4v) is 7.11. The second-order valence-electron chi connectivity index (χ2n) is 9.92. The van der Waals surface area contributed by atoms with Crippen LogP contribution in [0, 0.1) is 29.6 Å². The van der Waals surface area contributed by atoms with E-state index in [-0.39, 0.29) is 11.3 Å². The number of ether oxygens (including phenoxy) is 1. The Kier molecular flexibility index (Phi) is 4.30. The van der Waals surface area contributed by atoms with Gasteiger partial charge in [-0.05, 0) is 98.8 Å². The van der Waals surface area contributed by atoms with Gasteiger partial charge in [0.05, 0.1) is 12.2 Å². The molecule has 5 rings (SSSR count). The normalized spacial score (nSPS) is 42.4. The Morgan fingerprint density at radius 2 is 1.96 bits per heavy atom. The first-order valence-electron chi connectivity index (χ1n) is 11.1. The number of benzene rings is 1. The smallest absolute Gasteiger partial charge is 0.156 e. The van der Waals surface area contributed by atoms with Gasteiger partial charge in [0.2, 0.25) is 0 Å². The van der Waals surface area contributed by atoms with E-state index in [0.29, 0.717) is 24.4 Å². The SMILES string of the molecule is C#C[C@]1(O)[C@@H](O)C[C@@H]2[C@@H]3CCc4cc(OC5CCCC5)ccc4[C@@H]3CC[C@@]21C. The minimum atomic E-state index is -1.39. The van der Waals surface area contributed by atoms with Crippen LogP contribution in [0.3, 0.4) is 0 Å². The Morgan fingerprint density at radius 1 is 1.18 bits per heavy atom. The molecule has 0 unspecified atom stereocenters. The predicted molar refractivity (Wildman–Crippen MR) is 109 cm³/mol. The summed E-state index contributed by atoms with van der Waals surface area (Å²) in [6.07, 6.45) is 14.9. The molecular formula is C25H32O3. The Bertz CT molecular complexity index is 805. The third-order valence-electron chi connectivity index (χ3n) is 8.74. The summed E-state index contributed by atoms with van der Waals surface area (Å²) in [5.74, 6) is 4.89. The van der Waals surface area contributed by atoms with Gasteiger partial charge in [-0.15, -0.1) is 6.42 Å². The molecular weight excluding hydrogens is 348 g/mol. The maximum absolute atomic E-state index is 11.1. The molecule has 0 spiro atoms. The van der Waals surface area contributed by atoms with Gasteiger partial charge < -0.3 is 14.9 Å². The van der Waals surface area contributed by atoms with Crippen LogP contribution < -0.4 is 4.74 Å². The van der Waals surface area contributed by atoms with Crippen molar-refractivity contribution >= 4 is 0 Å². The first-order valence-corrected chi connectivity index (χ1v) is 11.1. The van der Waals surface area contributed by atoms with Crippen LogP contribution >= 0.6 is 0 Å². The summed E-state index contributed by atoms with van der Waals surface area (Å²) >= 11 is 0. The molecule has 4 aliphatic carbocycles. The fraction of sp³-hybridized carbons (Fsp3) is 0.680. The Balaban J connectivity index is 1.41. The molecule has 28 heavy (non-hydrogen) atoms. The van der Waals surface area contributed by atoms with Crippen LogP contribution in [0.25, 0.3) is 0 Å². The van der Waals surface area contributed by atoms with Crippen LogP contribution in [0.2, 0.25) is 0 Å². The van der Waals surface area contributed by atoms with Gasteiger partial charge in [0, 0.05) is 5.41 Å². The number of hydrogen-bond acceptors (Lipinski definition) is 3. The first kappa shape index (κ1) is 18.5. The predicted octanol–water partition coefficient (Wildman–Crippen LogP) is 4.20. The fourth-order valence-electron chi connectivity index (χ4n) is 7.11. The molecule has 2 N–H and O–H groups in total. The lowest BCUT2D eigenvalue weighted by atomic mass is 9.53. The molecule has 0 bridgehead atoms. The molecule has 3 nitrogen and oxygen atoms in total. The number of aryl methyl sites for hydroxylation is 1. The van der Waals surface area contributed by atoms with Gasteiger partial charge in [-0.3, -0.25) is 0 Å². The van der Waals surface area contributed by atoms with Crippen LogP contribution in [0.15, 0.2) is 18.2 Å². The topological polar surface area (TPSA) is 49.7 Å². The molecule has 0 aliphatic heterocycles. The largest absolute Gasteiger partial charge is 0.490 e. The number of hydrogen-bond donors (Lipinski definition) is 2. The van der Waals surface area contributed by atoms with Crippen molar-refractivity contribution in [3.63, 3.8) is 0 Å². The third-order valence-corrected chi connectivity index (χ3v) is 8.74. The Labute approximate surface area is 168 Å². The van der Waals surface area contributed by atoms with E-state index in [2.05, 4.69) is 31.0 Å². The maximum atomic E-state index is 11.1. The monoisotopic (exact) mass is 380 g/mol. The summed E-state index contributed by atoms with van der Waals surface area (Å²) in [6, 6.07) is 6.73. The second kappa shape index (κ2) is 6.51. The molecule has 0 heterocycles. The van der Waals surface area contributed by atoms with Gasteiger partial charge in [-0.25, -0.2) is 0 Å². The lowest BCUT2D eigenvalue weighted by Gasteiger charge is -2.52. The van der Waals surface area contributed by atoms with E-state index < -0.39 is 11.7 Å². The van der Waals surface area contributed by atoms with E-state index in [1.807, 2.05) is 0 Å². The van der Waals surface area contributed by atoms with Crippen molar-refractivity contribution in [3.8, 4) is 18.1 Å². The molecule has 150 valence electrons. The zero-order valence-corrected chi connectivity index (χ0v) is 16.9. The van der Waals surface area contributed by atoms with Gasteiger partial charge in [0.15, 0.2) is 5.60 Å². The lowest BCUT2D eigenvalue weighted by molar-refractivity contribution is -0.101. The lowest BCUT2D eigenvalue weighted by Crippen LogP contribution is -2.53. The van der Waals surface area contributed by atoms with Gasteiger partial charge in [0.25, 0.3) is 0 Å². The average Bonchev–Trinajstić information content (AvgIpc) is 3.27. The van der Waals surface area contributed by atoms with Crippen molar-refractivity contribution in [1.82, 2.24) is 0 Å². The van der Waals surface area contributed by atoms with Crippen molar-refractivity contribution in [3.05, 3.63) is 29.3 Å². The molecule has 3 heteroatoms. The minimum Gasteiger partial charge on any atom is -0.490 e. The van der Waals surface area contributed by atoms with Crippen molar-refractivity contribution in [2.24, 2.45) is 17.3 Å². The highest BCUT2D eigenvalue weighted by atomic mass is 16.5. The molecule has 3 fully saturated rings. The molecule has 4 aliphatic rings. The minimum absolute atomic E-state index is 0.282. The summed E-state index contributed by atoms with van der Waals surface area (Å²) in [4.78, 5) is 0. The van der Waals surface area contributed by atoms with E-state index in [0.717, 1.165) is 31.4 Å². The molecule has 0 saturated heterocycles. The second-order valence-corrected chi connectivity index (χ2v) is 9.92. The molecule has 0 radical (unpaired) electrons. The average molecular weight is 381 g/mol. The van der Waals surface area contributed by atoms with Gasteiger partial charge in [-0.2, -0.15) is 0 Å². The standard InChI is InChI=1S/C25H32O3/c1-3-25(27)23(26)15-22-21-10-8-16-14-18(28-17-6-4-5-7-17)9-11-19(16)20(21)12-13-24(22,25)2/h1,9,11,14,17,20-23,26-27H,4-8,10,12-13,15H2,2H3/t20-,21+,22+,23-,24-,25-/m0/s1. The molecule has 1 aromatic rings. The van der Waals surface area contributed by atoms with E-state index in [9.17, 15) is 10.2 Å². The molecule has 0 aromatic heterocycles. The molecule has 6 atom stereocenters. The Morgan fingerprint density at radius 3 is 2.71 bits per heavy atom. The van der Waals surface area contributed by atoms with E-state index in [1.165, 1.54) is 36.8 Å². The third kappa shape index (κ3) is 2.50. The highest BCUT2D eigenvalue weighted by molar-refractivity contribution is 5.41. The summed E-state index contributed by atoms with van der Waals surface area (Å²) < 4.78 is 6.23. The van der Waals surface area contributed by atoms with Crippen molar-refractivity contribution in [1.29, 1.82) is 0 Å². The summed E-state index contributed by atoms with van der Waals surface area (Å²) in [7, 11) is 0. The van der Waals surface area contributed by atoms with E-state index >= 15 is 0 Å². The highest BCUT2D eigenvalue weighted by Gasteiger charge is 2.65. The summed E-state index contributed by atoms with van der Waals surface area (Å²) in [5.41, 5.74) is 1.13. The number of rotatable bonds is 2. The van der Waals surface area contributed by atoms with Crippen LogP contribution in [0.5, 0.6) is 5.75 Å². The van der Waals surface area contributed by atoms with Crippen molar-refractivity contribution in [2.45, 2.75) is 88.4 Å². The van der Waals surface area contributed by atoms with E-state index in [4.69, 9.17) is 11.2 Å². The Hall–Kier alpha value is -1.50. The highest BCUT2D eigenvalue weighted by Crippen LogP contribution is 2.64. The molecule has 3 saturated carbocycles. The number of terminal acetylenes is 1. The van der Waals surface area contributed by atoms with Gasteiger partial charge in [-0.1, -0.05) is 18.9 Å². The van der Waals surface area contributed by atoms with Crippen LogP contribution in [0.4, 0.5) is 0 Å². The van der Waals surface area contributed by atoms with Crippen LogP contribution in [-0.4, -0.2) is 28.0 Å². The van der Waals surface area contributed by atoms with Gasteiger partial charge >= 0.3 is 0 Å². The van der Waals surface area contributed by atoms with Gasteiger partial charge in [0.1, 0.15) is 5.75 Å². The van der Waals surface area contributed by atoms with Crippen LogP contribution in [-0.2, 0) is 6.42 Å². The van der Waals surface area contributed by atoms with E-state index in [1.54, 1.807) is 0 Å². The first-order chi connectivity index (χ1) is 13.5. The number of aliphatic hydroxyl groups is 2. The summed E-state index contributed by atoms with van der Waals surface area (Å²) in [5, 5.41) is 21.7. The van der Waals surface area contributed by atoms with Crippen molar-refractivity contribution < 1.29 is 14.9 Å².